The van der Waals surface area contributed by atoms with E-state index in [2.05, 4.69) is 149 Å². The van der Waals surface area contributed by atoms with E-state index >= 15 is 0 Å². The number of hydrogen-bond donors (Lipinski definition) is 0. The maximum absolute atomic E-state index is 6.19. The molecular formula is C54H75ClO4S. The van der Waals surface area contributed by atoms with Crippen molar-refractivity contribution in [3.05, 3.63) is 128 Å². The second-order valence-corrected chi connectivity index (χ2v) is 20.3. The monoisotopic (exact) mass is 855 g/mol. The predicted octanol–water partition coefficient (Wildman–Crippen LogP) is 15.4. The van der Waals surface area contributed by atoms with Crippen LogP contribution in [-0.2, 0) is 31.9 Å². The molecule has 60 heavy (non-hydrogen) atoms. The van der Waals surface area contributed by atoms with E-state index in [-0.39, 0.29) is 28.2 Å². The fraction of sp³-hybridized carbons (Fsp3) is 0.556. The average molecular weight is 856 g/mol. The molecule has 6 rings (SSSR count). The molecule has 0 bridgehead atoms. The van der Waals surface area contributed by atoms with Crippen molar-refractivity contribution in [2.45, 2.75) is 180 Å². The number of aryl methyl sites for hydroxylation is 4. The minimum absolute atomic E-state index is 0.000230. The summed E-state index contributed by atoms with van der Waals surface area (Å²) < 4.78 is 24.1. The van der Waals surface area contributed by atoms with Crippen LogP contribution in [0.5, 0.6) is 11.5 Å². The average Bonchev–Trinajstić information content (AvgIpc) is 3.24. The Labute approximate surface area is 373 Å². The molecule has 328 valence electrons. The number of rotatable bonds is 15. The van der Waals surface area contributed by atoms with E-state index in [1.54, 1.807) is 0 Å². The van der Waals surface area contributed by atoms with Gasteiger partial charge in [-0.25, -0.2) is 0 Å². The lowest BCUT2D eigenvalue weighted by molar-refractivity contribution is -0.106. The molecule has 2 saturated heterocycles. The van der Waals surface area contributed by atoms with Crippen molar-refractivity contribution < 1.29 is 18.9 Å². The Morgan fingerprint density at radius 3 is 1.25 bits per heavy atom. The van der Waals surface area contributed by atoms with E-state index in [1.807, 2.05) is 11.8 Å². The smallest absolute Gasteiger partial charge is 0.199 e. The molecule has 0 aliphatic carbocycles. The SMILES string of the molecule is CCC(CC)(c1ccc(CCl)c(C)c1)c1ccc(OC2CCCCO2)c(C)c1.CCC(CC)(c1ccc(CSC(C)(C)C)c(C)c1)c1ccc(OC2CCCCO2)c(C)c1. The summed E-state index contributed by atoms with van der Waals surface area (Å²) in [5, 5.41) is 0. The van der Waals surface area contributed by atoms with Crippen LogP contribution in [-0.4, -0.2) is 30.5 Å². The first-order valence-corrected chi connectivity index (χ1v) is 24.4. The van der Waals surface area contributed by atoms with Gasteiger partial charge < -0.3 is 18.9 Å². The lowest BCUT2D eigenvalue weighted by Crippen LogP contribution is -2.27. The van der Waals surface area contributed by atoms with Crippen molar-refractivity contribution in [3.8, 4) is 11.5 Å². The molecule has 2 unspecified atom stereocenters. The lowest BCUT2D eigenvalue weighted by atomic mass is 9.70. The minimum Gasteiger partial charge on any atom is -0.465 e. The van der Waals surface area contributed by atoms with E-state index in [0.717, 1.165) is 81.8 Å². The van der Waals surface area contributed by atoms with E-state index in [1.165, 1.54) is 68.5 Å². The third-order valence-electron chi connectivity index (χ3n) is 13.3. The molecule has 2 atom stereocenters. The summed E-state index contributed by atoms with van der Waals surface area (Å²) in [5.74, 6) is 3.51. The summed E-state index contributed by atoms with van der Waals surface area (Å²) in [7, 11) is 0. The van der Waals surface area contributed by atoms with Crippen LogP contribution in [0.15, 0.2) is 72.8 Å². The number of halogens is 1. The summed E-state index contributed by atoms with van der Waals surface area (Å²) in [6.45, 7) is 26.4. The van der Waals surface area contributed by atoms with Crippen LogP contribution in [0.3, 0.4) is 0 Å². The molecule has 0 spiro atoms. The maximum atomic E-state index is 6.19. The highest BCUT2D eigenvalue weighted by atomic mass is 35.5. The molecule has 0 radical (unpaired) electrons. The fourth-order valence-electron chi connectivity index (χ4n) is 9.11. The molecule has 4 nitrogen and oxygen atoms in total. The highest BCUT2D eigenvalue weighted by Gasteiger charge is 2.33. The van der Waals surface area contributed by atoms with Gasteiger partial charge in [0.05, 0.1) is 13.2 Å². The van der Waals surface area contributed by atoms with Gasteiger partial charge in [-0.15, -0.1) is 11.6 Å². The molecule has 2 heterocycles. The van der Waals surface area contributed by atoms with Crippen molar-refractivity contribution >= 4 is 23.4 Å². The topological polar surface area (TPSA) is 36.9 Å². The molecule has 4 aromatic rings. The summed E-state index contributed by atoms with van der Waals surface area (Å²) in [5.41, 5.74) is 13.2. The molecular weight excluding hydrogens is 780 g/mol. The van der Waals surface area contributed by atoms with E-state index < -0.39 is 0 Å². The summed E-state index contributed by atoms with van der Waals surface area (Å²) in [4.78, 5) is 0. The van der Waals surface area contributed by atoms with Gasteiger partial charge in [0.25, 0.3) is 0 Å². The normalized spacial score (nSPS) is 17.5. The minimum atomic E-state index is -0.105. The van der Waals surface area contributed by atoms with E-state index in [4.69, 9.17) is 30.5 Å². The zero-order valence-electron chi connectivity index (χ0n) is 38.9. The first-order chi connectivity index (χ1) is 28.7. The molecule has 0 aromatic heterocycles. The highest BCUT2D eigenvalue weighted by Crippen LogP contribution is 2.43. The maximum Gasteiger partial charge on any atom is 0.199 e. The number of hydrogen-bond acceptors (Lipinski definition) is 5. The van der Waals surface area contributed by atoms with Crippen molar-refractivity contribution in [2.75, 3.05) is 13.2 Å². The standard InChI is InChI=1S/C29H42O2S.C25H33ClO2/c1-8-29(9-2,24-14-13-23(21(3)18-24)20-32-28(5,6)7)25-15-16-26(22(4)19-25)31-27-12-10-11-17-30-27;1-5-25(6-2,21-11-10-20(17-26)18(3)15-21)22-12-13-23(19(4)16-22)28-24-9-7-8-14-27-24/h13-16,18-19,27H,8-12,17,20H2,1-7H3;10-13,15-16,24H,5-9,14,17H2,1-4H3. The second kappa shape index (κ2) is 21.9. The van der Waals surface area contributed by atoms with Gasteiger partial charge in [0.2, 0.25) is 0 Å². The molecule has 0 amide bonds. The number of alkyl halides is 1. The third kappa shape index (κ3) is 11.7. The highest BCUT2D eigenvalue weighted by molar-refractivity contribution is 7.99. The van der Waals surface area contributed by atoms with Crippen LogP contribution in [0.1, 0.15) is 168 Å². The van der Waals surface area contributed by atoms with Gasteiger partial charge in [-0.2, -0.15) is 11.8 Å². The van der Waals surface area contributed by atoms with Crippen LogP contribution in [0.4, 0.5) is 0 Å². The molecule has 6 heteroatoms. The Kier molecular flexibility index (Phi) is 17.6. The molecule has 2 fully saturated rings. The largest absolute Gasteiger partial charge is 0.465 e. The zero-order valence-corrected chi connectivity index (χ0v) is 40.5. The van der Waals surface area contributed by atoms with Crippen molar-refractivity contribution in [3.63, 3.8) is 0 Å². The fourth-order valence-corrected chi connectivity index (χ4v) is 10.3. The molecule has 2 aliphatic heterocycles. The van der Waals surface area contributed by atoms with Gasteiger partial charge in [0.15, 0.2) is 12.6 Å². The second-order valence-electron chi connectivity index (χ2n) is 18.2. The molecule has 2 aliphatic rings. The van der Waals surface area contributed by atoms with Crippen molar-refractivity contribution in [2.24, 2.45) is 0 Å². The Balaban J connectivity index is 0.000000230. The van der Waals surface area contributed by atoms with E-state index in [0.29, 0.717) is 5.88 Å². The molecule has 4 aromatic carbocycles. The number of thioether (sulfide) groups is 1. The van der Waals surface area contributed by atoms with E-state index in [9.17, 15) is 0 Å². The number of benzene rings is 4. The van der Waals surface area contributed by atoms with Crippen LogP contribution in [0.2, 0.25) is 0 Å². The van der Waals surface area contributed by atoms with Gasteiger partial charge in [0.1, 0.15) is 11.5 Å². The third-order valence-corrected chi connectivity index (χ3v) is 14.9. The van der Waals surface area contributed by atoms with Crippen molar-refractivity contribution in [1.82, 2.24) is 0 Å². The Morgan fingerprint density at radius 2 is 0.933 bits per heavy atom. The molecule has 0 saturated carbocycles. The van der Waals surface area contributed by atoms with Gasteiger partial charge in [-0.3, -0.25) is 0 Å². The molecule has 0 N–H and O–H groups in total. The Bertz CT molecular complexity index is 1960. The van der Waals surface area contributed by atoms with Gasteiger partial charge in [-0.05, 0) is 147 Å². The van der Waals surface area contributed by atoms with Gasteiger partial charge >= 0.3 is 0 Å². The lowest BCUT2D eigenvalue weighted by Gasteiger charge is -2.34. The summed E-state index contributed by atoms with van der Waals surface area (Å²) in [6, 6.07) is 27.4. The first kappa shape index (κ1) is 48.1. The van der Waals surface area contributed by atoms with Crippen LogP contribution < -0.4 is 9.47 Å². The zero-order chi connectivity index (χ0) is 43.5. The van der Waals surface area contributed by atoms with Crippen LogP contribution in [0.25, 0.3) is 0 Å². The Morgan fingerprint density at radius 1 is 0.550 bits per heavy atom. The first-order valence-electron chi connectivity index (χ1n) is 22.9. The summed E-state index contributed by atoms with van der Waals surface area (Å²) in [6.07, 6.45) is 10.6. The van der Waals surface area contributed by atoms with Gasteiger partial charge in [0, 0.05) is 40.1 Å². The Hall–Kier alpha value is -2.96. The van der Waals surface area contributed by atoms with Crippen molar-refractivity contribution in [1.29, 1.82) is 0 Å². The van der Waals surface area contributed by atoms with Gasteiger partial charge in [-0.1, -0.05) is 109 Å². The predicted molar refractivity (Wildman–Crippen MR) is 256 cm³/mol. The van der Waals surface area contributed by atoms with Crippen LogP contribution in [0, 0.1) is 27.7 Å². The number of ether oxygens (including phenoxy) is 4. The summed E-state index contributed by atoms with van der Waals surface area (Å²) >= 11 is 8.09. The van der Waals surface area contributed by atoms with Crippen LogP contribution >= 0.6 is 23.4 Å². The quantitative estimate of drug-likeness (QED) is 0.111.